The molecule has 2 rings (SSSR count). The Balaban J connectivity index is 2.02. The minimum Gasteiger partial charge on any atom is -0.303 e. The van der Waals surface area contributed by atoms with Gasteiger partial charge in [0.25, 0.3) is 0 Å². The van der Waals surface area contributed by atoms with Gasteiger partial charge in [-0.25, -0.2) is 4.39 Å². The number of hydrogen-bond acceptors (Lipinski definition) is 4. The molecule has 1 fully saturated rings. The van der Waals surface area contributed by atoms with E-state index in [9.17, 15) is 9.18 Å². The van der Waals surface area contributed by atoms with Crippen LogP contribution in [0.3, 0.4) is 0 Å². The first-order chi connectivity index (χ1) is 7.74. The van der Waals surface area contributed by atoms with Gasteiger partial charge in [-0.05, 0) is 17.7 Å². The summed E-state index contributed by atoms with van der Waals surface area (Å²) < 4.78 is 12.8. The van der Waals surface area contributed by atoms with Gasteiger partial charge in [0.05, 0.1) is 12.0 Å². The topological polar surface area (TPSA) is 53.8 Å². The zero-order valence-corrected chi connectivity index (χ0v) is 9.00. The lowest BCUT2D eigenvalue weighted by Gasteiger charge is -1.92. The van der Waals surface area contributed by atoms with E-state index in [-0.39, 0.29) is 11.7 Å². The lowest BCUT2D eigenvalue weighted by Crippen LogP contribution is -2.19. The molecule has 1 saturated heterocycles. The minimum atomic E-state index is -0.319. The summed E-state index contributed by atoms with van der Waals surface area (Å²) >= 11 is 1.29. The maximum Gasteiger partial charge on any atom is 0.236 e. The van der Waals surface area contributed by atoms with E-state index in [2.05, 4.69) is 15.5 Å². The molecule has 0 saturated carbocycles. The number of rotatable bonds is 2. The second-order valence-corrected chi connectivity index (χ2v) is 4.01. The molecule has 1 N–H and O–H groups in total. The number of hydrogen-bond donors (Lipinski definition) is 1. The number of thioether (sulfide) groups is 1. The van der Waals surface area contributed by atoms with Gasteiger partial charge >= 0.3 is 0 Å². The average Bonchev–Trinajstić information content (AvgIpc) is 2.64. The first-order valence-corrected chi connectivity index (χ1v) is 5.52. The van der Waals surface area contributed by atoms with Crippen molar-refractivity contribution in [2.24, 2.45) is 10.2 Å². The molecule has 0 unspecified atom stereocenters. The number of nitrogens with one attached hydrogen (secondary N) is 1. The molecular weight excluding hydrogens is 229 g/mol. The van der Waals surface area contributed by atoms with Gasteiger partial charge in [0.15, 0.2) is 5.17 Å². The average molecular weight is 237 g/mol. The molecule has 1 aliphatic heterocycles. The van der Waals surface area contributed by atoms with Crippen molar-refractivity contribution in [2.45, 2.75) is 0 Å². The summed E-state index contributed by atoms with van der Waals surface area (Å²) in [6, 6.07) is 6.02. The van der Waals surface area contributed by atoms with E-state index in [0.29, 0.717) is 16.5 Å². The van der Waals surface area contributed by atoms with Crippen molar-refractivity contribution >= 4 is 29.1 Å². The van der Waals surface area contributed by atoms with Crippen molar-refractivity contribution in [2.75, 3.05) is 5.75 Å². The van der Waals surface area contributed by atoms with E-state index in [1.165, 1.54) is 30.1 Å². The van der Waals surface area contributed by atoms with Gasteiger partial charge in [-0.3, -0.25) is 4.79 Å². The van der Waals surface area contributed by atoms with Crippen molar-refractivity contribution in [3.05, 3.63) is 35.6 Å². The predicted octanol–water partition coefficient (Wildman–Crippen LogP) is 1.38. The van der Waals surface area contributed by atoms with Gasteiger partial charge in [0.2, 0.25) is 5.91 Å². The van der Waals surface area contributed by atoms with Crippen LogP contribution in [0.1, 0.15) is 5.56 Å². The molecule has 0 atom stereocenters. The van der Waals surface area contributed by atoms with Crippen LogP contribution in [0.15, 0.2) is 34.5 Å². The second-order valence-electron chi connectivity index (χ2n) is 3.04. The molecule has 0 aromatic heterocycles. The van der Waals surface area contributed by atoms with Crippen LogP contribution in [0.25, 0.3) is 0 Å². The van der Waals surface area contributed by atoms with Crippen molar-refractivity contribution < 1.29 is 9.18 Å². The molecule has 0 radical (unpaired) electrons. The molecule has 0 bridgehead atoms. The molecule has 1 heterocycles. The highest BCUT2D eigenvalue weighted by Crippen LogP contribution is 2.08. The third-order valence-corrected chi connectivity index (χ3v) is 2.65. The first kappa shape index (κ1) is 10.8. The normalized spacial score (nSPS) is 18.3. The molecule has 1 aromatic carbocycles. The summed E-state index contributed by atoms with van der Waals surface area (Å²) in [7, 11) is 0. The highest BCUT2D eigenvalue weighted by Gasteiger charge is 2.15. The Morgan fingerprint density at radius 2 is 2.38 bits per heavy atom. The lowest BCUT2D eigenvalue weighted by molar-refractivity contribution is -0.116. The molecular formula is C10H8FN3OS. The van der Waals surface area contributed by atoms with Crippen LogP contribution < -0.4 is 5.32 Å². The Hall–Kier alpha value is -1.69. The zero-order valence-electron chi connectivity index (χ0n) is 8.18. The van der Waals surface area contributed by atoms with Crippen LogP contribution in [0.5, 0.6) is 0 Å². The highest BCUT2D eigenvalue weighted by molar-refractivity contribution is 8.15. The number of nitrogens with zero attached hydrogens (tertiary/aromatic N) is 2. The largest absolute Gasteiger partial charge is 0.303 e. The third kappa shape index (κ3) is 2.90. The van der Waals surface area contributed by atoms with Crippen LogP contribution in [-0.2, 0) is 4.79 Å². The summed E-state index contributed by atoms with van der Waals surface area (Å²) in [6.45, 7) is 0. The highest BCUT2D eigenvalue weighted by atomic mass is 32.2. The fourth-order valence-corrected chi connectivity index (χ4v) is 1.74. The van der Waals surface area contributed by atoms with Gasteiger partial charge in [0.1, 0.15) is 5.82 Å². The Morgan fingerprint density at radius 1 is 1.50 bits per heavy atom. The van der Waals surface area contributed by atoms with Gasteiger partial charge in [-0.15, -0.1) is 5.10 Å². The minimum absolute atomic E-state index is 0.0790. The maximum absolute atomic E-state index is 12.8. The van der Waals surface area contributed by atoms with Gasteiger partial charge in [0, 0.05) is 0 Å². The first-order valence-electron chi connectivity index (χ1n) is 4.53. The predicted molar refractivity (Wildman–Crippen MR) is 62.0 cm³/mol. The van der Waals surface area contributed by atoms with E-state index in [1.54, 1.807) is 12.1 Å². The van der Waals surface area contributed by atoms with Crippen LogP contribution in [-0.4, -0.2) is 23.0 Å². The lowest BCUT2D eigenvalue weighted by atomic mass is 10.2. The number of carbonyl (C=O) groups excluding carboxylic acids is 1. The summed E-state index contributed by atoms with van der Waals surface area (Å²) in [4.78, 5) is 10.8. The fraction of sp³-hybridized carbons (Fsp3) is 0.100. The van der Waals surface area contributed by atoms with Crippen LogP contribution in [0.2, 0.25) is 0 Å². The Morgan fingerprint density at radius 3 is 3.06 bits per heavy atom. The number of carbonyl (C=O) groups is 1. The van der Waals surface area contributed by atoms with E-state index in [1.807, 2.05) is 0 Å². The fourth-order valence-electron chi connectivity index (χ4n) is 1.11. The van der Waals surface area contributed by atoms with Crippen molar-refractivity contribution in [1.29, 1.82) is 0 Å². The van der Waals surface area contributed by atoms with Crippen LogP contribution in [0.4, 0.5) is 4.39 Å². The van der Waals surface area contributed by atoms with Gasteiger partial charge < -0.3 is 5.32 Å². The Kier molecular flexibility index (Phi) is 3.31. The molecule has 1 aliphatic rings. The van der Waals surface area contributed by atoms with Crippen LogP contribution >= 0.6 is 11.8 Å². The van der Waals surface area contributed by atoms with Gasteiger partial charge in [-0.2, -0.15) is 5.10 Å². The Labute approximate surface area is 95.6 Å². The van der Waals surface area contributed by atoms with Crippen molar-refractivity contribution in [3.63, 3.8) is 0 Å². The van der Waals surface area contributed by atoms with Gasteiger partial charge in [-0.1, -0.05) is 23.9 Å². The van der Waals surface area contributed by atoms with Crippen molar-refractivity contribution in [1.82, 2.24) is 5.32 Å². The number of benzene rings is 1. The third-order valence-electron chi connectivity index (χ3n) is 1.79. The number of amidine groups is 1. The molecule has 1 aromatic rings. The van der Waals surface area contributed by atoms with E-state index in [4.69, 9.17) is 0 Å². The quantitative estimate of drug-likeness (QED) is 0.624. The molecule has 0 spiro atoms. The summed E-state index contributed by atoms with van der Waals surface area (Å²) in [5, 5.41) is 10.6. The van der Waals surface area contributed by atoms with Crippen LogP contribution in [0, 0.1) is 5.82 Å². The van der Waals surface area contributed by atoms with E-state index < -0.39 is 0 Å². The monoisotopic (exact) mass is 237 g/mol. The van der Waals surface area contributed by atoms with Crippen molar-refractivity contribution in [3.8, 4) is 0 Å². The molecule has 4 nitrogen and oxygen atoms in total. The molecule has 82 valence electrons. The standard InChI is InChI=1S/C10H8FN3OS/c11-8-3-1-2-7(4-8)5-12-14-10-13-9(15)6-16-10/h1-5H,6H2,(H,13,14,15). The smallest absolute Gasteiger partial charge is 0.236 e. The van der Waals surface area contributed by atoms with E-state index >= 15 is 0 Å². The molecule has 0 aliphatic carbocycles. The second kappa shape index (κ2) is 4.89. The molecule has 1 amide bonds. The molecule has 16 heavy (non-hydrogen) atoms. The zero-order chi connectivity index (χ0) is 11.4. The van der Waals surface area contributed by atoms with E-state index in [0.717, 1.165) is 0 Å². The summed E-state index contributed by atoms with van der Waals surface area (Å²) in [6.07, 6.45) is 1.43. The maximum atomic E-state index is 12.8. The summed E-state index contributed by atoms with van der Waals surface area (Å²) in [5.74, 6) is -0.0289. The number of amides is 1. The Bertz CT molecular complexity index is 473. The summed E-state index contributed by atoms with van der Waals surface area (Å²) in [5.41, 5.74) is 0.624. The SMILES string of the molecule is O=C1CSC(=NN=Cc2cccc(F)c2)N1. The number of halogens is 1. The molecule has 6 heteroatoms.